The molecule has 0 aliphatic heterocycles. The molecule has 5 nitrogen and oxygen atoms in total. The van der Waals surface area contributed by atoms with Gasteiger partial charge in [0.25, 0.3) is 0 Å². The minimum atomic E-state index is -0.495. The zero-order valence-corrected chi connectivity index (χ0v) is 14.7. The number of aromatic amines is 2. The van der Waals surface area contributed by atoms with Crippen LogP contribution in [0.2, 0.25) is 0 Å². The summed E-state index contributed by atoms with van der Waals surface area (Å²) in [4.78, 5) is 23.0. The summed E-state index contributed by atoms with van der Waals surface area (Å²) in [5.41, 5.74) is 9.09. The number of ketones is 1. The molecule has 0 radical (unpaired) electrons. The lowest BCUT2D eigenvalue weighted by atomic mass is 9.87. The number of aliphatic imine (C=N–C) groups is 1. The molecule has 4 N–H and O–H groups in total. The zero-order valence-electron chi connectivity index (χ0n) is 14.7. The van der Waals surface area contributed by atoms with Crippen LogP contribution in [-0.4, -0.2) is 22.0 Å². The fourth-order valence-corrected chi connectivity index (χ4v) is 2.58. The van der Waals surface area contributed by atoms with Crippen LogP contribution in [0.25, 0.3) is 16.5 Å². The number of para-hydroxylation sites is 1. The van der Waals surface area contributed by atoms with Crippen molar-refractivity contribution in [3.8, 4) is 0 Å². The Bertz CT molecular complexity index is 950. The van der Waals surface area contributed by atoms with Crippen LogP contribution in [0.15, 0.2) is 48.1 Å². The van der Waals surface area contributed by atoms with Gasteiger partial charge in [0.2, 0.25) is 0 Å². The highest BCUT2D eigenvalue weighted by Gasteiger charge is 2.26. The van der Waals surface area contributed by atoms with Crippen molar-refractivity contribution in [3.63, 3.8) is 0 Å². The fraction of sp³-hybridized carbons (Fsp3) is 0.200. The number of carbonyl (C=O) groups is 1. The van der Waals surface area contributed by atoms with Crippen LogP contribution in [0.3, 0.4) is 0 Å². The second-order valence-electron chi connectivity index (χ2n) is 7.10. The molecule has 0 unspecified atom stereocenters. The van der Waals surface area contributed by atoms with E-state index in [9.17, 15) is 4.79 Å². The second kappa shape index (κ2) is 6.09. The van der Waals surface area contributed by atoms with Crippen molar-refractivity contribution >= 4 is 40.0 Å². The van der Waals surface area contributed by atoms with E-state index in [0.29, 0.717) is 17.1 Å². The van der Waals surface area contributed by atoms with E-state index >= 15 is 0 Å². The number of benzene rings is 1. The second-order valence-corrected chi connectivity index (χ2v) is 7.10. The Morgan fingerprint density at radius 1 is 1.28 bits per heavy atom. The molecule has 0 saturated heterocycles. The van der Waals surface area contributed by atoms with Crippen molar-refractivity contribution in [2.45, 2.75) is 20.8 Å². The highest BCUT2D eigenvalue weighted by Crippen LogP contribution is 2.30. The summed E-state index contributed by atoms with van der Waals surface area (Å²) in [6.07, 6.45) is 3.25. The van der Waals surface area contributed by atoms with E-state index in [1.165, 1.54) is 0 Å². The largest absolute Gasteiger partial charge is 0.395 e. The van der Waals surface area contributed by atoms with Gasteiger partial charge in [0.1, 0.15) is 0 Å². The fourth-order valence-electron chi connectivity index (χ4n) is 2.58. The third-order valence-electron chi connectivity index (χ3n) is 4.05. The van der Waals surface area contributed by atoms with E-state index in [2.05, 4.69) is 21.5 Å². The van der Waals surface area contributed by atoms with Crippen molar-refractivity contribution in [1.82, 2.24) is 9.97 Å². The summed E-state index contributed by atoms with van der Waals surface area (Å²) in [5, 5.41) is 1.12. The highest BCUT2D eigenvalue weighted by atomic mass is 16.1. The predicted octanol–water partition coefficient (Wildman–Crippen LogP) is 4.72. The standard InChI is InChI=1S/C20H22N4O/c1-12(16-9-13-7-5-6-8-15(13)24-16)10-22-19-17(21)14(11-23-19)18(25)20(2,3)4/h5-11,23-24H,1,21H2,2-4H3. The van der Waals surface area contributed by atoms with Crippen molar-refractivity contribution < 1.29 is 4.79 Å². The van der Waals surface area contributed by atoms with Crippen molar-refractivity contribution in [2.75, 3.05) is 5.73 Å². The Labute approximate surface area is 146 Å². The van der Waals surface area contributed by atoms with Crippen molar-refractivity contribution in [1.29, 1.82) is 0 Å². The summed E-state index contributed by atoms with van der Waals surface area (Å²) >= 11 is 0. The molecule has 5 heteroatoms. The maximum absolute atomic E-state index is 12.4. The zero-order chi connectivity index (χ0) is 18.2. The molecule has 3 aromatic rings. The molecule has 0 saturated carbocycles. The number of hydrogen-bond donors (Lipinski definition) is 3. The Hall–Kier alpha value is -3.08. The molecule has 0 spiro atoms. The quantitative estimate of drug-likeness (QED) is 0.476. The average molecular weight is 334 g/mol. The third-order valence-corrected chi connectivity index (χ3v) is 4.05. The van der Waals surface area contributed by atoms with Gasteiger partial charge in [-0.15, -0.1) is 0 Å². The molecule has 3 rings (SSSR count). The molecule has 25 heavy (non-hydrogen) atoms. The number of hydrogen-bond acceptors (Lipinski definition) is 3. The van der Waals surface area contributed by atoms with E-state index in [4.69, 9.17) is 5.73 Å². The first kappa shape index (κ1) is 16.8. The molecule has 0 amide bonds. The topological polar surface area (TPSA) is 87.0 Å². The van der Waals surface area contributed by atoms with Gasteiger partial charge in [0.15, 0.2) is 11.6 Å². The Balaban J connectivity index is 1.83. The average Bonchev–Trinajstić information content (AvgIpc) is 3.14. The van der Waals surface area contributed by atoms with Crippen LogP contribution in [0, 0.1) is 5.41 Å². The number of nitrogen functional groups attached to an aromatic ring is 1. The molecule has 0 aliphatic carbocycles. The van der Waals surface area contributed by atoms with Crippen LogP contribution in [0.1, 0.15) is 36.8 Å². The molecule has 2 aromatic heterocycles. The molecular formula is C20H22N4O. The summed E-state index contributed by atoms with van der Waals surface area (Å²) in [7, 11) is 0. The van der Waals surface area contributed by atoms with Gasteiger partial charge < -0.3 is 15.7 Å². The van der Waals surface area contributed by atoms with Gasteiger partial charge in [-0.2, -0.15) is 0 Å². The molecule has 1 aromatic carbocycles. The lowest BCUT2D eigenvalue weighted by molar-refractivity contribution is 0.0859. The SMILES string of the molecule is C=C(C=Nc1[nH]cc(C(=O)C(C)(C)C)c1N)c1cc2ccccc2[nH]1. The molecule has 0 aliphatic rings. The van der Waals surface area contributed by atoms with E-state index in [1.54, 1.807) is 12.4 Å². The van der Waals surface area contributed by atoms with Gasteiger partial charge in [-0.05, 0) is 12.1 Å². The maximum atomic E-state index is 12.4. The first-order valence-electron chi connectivity index (χ1n) is 8.10. The van der Waals surface area contributed by atoms with Gasteiger partial charge >= 0.3 is 0 Å². The molecule has 0 atom stereocenters. The number of H-pyrrole nitrogens is 2. The maximum Gasteiger partial charge on any atom is 0.171 e. The van der Waals surface area contributed by atoms with Gasteiger partial charge in [-0.3, -0.25) is 4.79 Å². The van der Waals surface area contributed by atoms with Crippen LogP contribution >= 0.6 is 0 Å². The number of fused-ring (bicyclic) bond motifs is 1. The lowest BCUT2D eigenvalue weighted by Crippen LogP contribution is -2.20. The Kier molecular flexibility index (Phi) is 4.08. The number of allylic oxidation sites excluding steroid dienone is 1. The molecule has 0 bridgehead atoms. The Morgan fingerprint density at radius 3 is 2.68 bits per heavy atom. The highest BCUT2D eigenvalue weighted by molar-refractivity contribution is 6.11. The number of nitrogens with two attached hydrogens (primary N) is 1. The normalized spacial score (nSPS) is 12.1. The molecule has 2 heterocycles. The first-order valence-corrected chi connectivity index (χ1v) is 8.10. The van der Waals surface area contributed by atoms with E-state index in [-0.39, 0.29) is 5.78 Å². The molecule has 0 fully saturated rings. The predicted molar refractivity (Wildman–Crippen MR) is 104 cm³/mol. The molecule has 128 valence electrons. The summed E-state index contributed by atoms with van der Waals surface area (Å²) in [6.45, 7) is 9.63. The van der Waals surface area contributed by atoms with E-state index in [0.717, 1.165) is 22.2 Å². The number of aromatic nitrogens is 2. The van der Waals surface area contributed by atoms with E-state index in [1.807, 2.05) is 51.1 Å². The first-order chi connectivity index (χ1) is 11.8. The number of anilines is 1. The minimum Gasteiger partial charge on any atom is -0.395 e. The monoisotopic (exact) mass is 334 g/mol. The van der Waals surface area contributed by atoms with Crippen LogP contribution in [0.5, 0.6) is 0 Å². The lowest BCUT2D eigenvalue weighted by Gasteiger charge is -2.15. The summed E-state index contributed by atoms with van der Waals surface area (Å²) < 4.78 is 0. The van der Waals surface area contributed by atoms with Gasteiger partial charge in [0.05, 0.1) is 11.3 Å². The van der Waals surface area contributed by atoms with Crippen LogP contribution in [-0.2, 0) is 0 Å². The van der Waals surface area contributed by atoms with Crippen molar-refractivity contribution in [2.24, 2.45) is 10.4 Å². The number of Topliss-reactive ketones (excluding diaryl/α,β-unsaturated/α-hetero) is 1. The summed E-state index contributed by atoms with van der Waals surface area (Å²) in [5.74, 6) is 0.446. The van der Waals surface area contributed by atoms with Crippen LogP contribution < -0.4 is 5.73 Å². The van der Waals surface area contributed by atoms with Gasteiger partial charge in [0, 0.05) is 40.0 Å². The van der Waals surface area contributed by atoms with Gasteiger partial charge in [-0.25, -0.2) is 4.99 Å². The third kappa shape index (κ3) is 3.26. The number of carbonyl (C=O) groups excluding carboxylic acids is 1. The number of nitrogens with zero attached hydrogens (tertiary/aromatic N) is 1. The van der Waals surface area contributed by atoms with Crippen molar-refractivity contribution in [3.05, 3.63) is 54.4 Å². The van der Waals surface area contributed by atoms with Gasteiger partial charge in [-0.1, -0.05) is 45.5 Å². The van der Waals surface area contributed by atoms with E-state index < -0.39 is 5.41 Å². The molecular weight excluding hydrogens is 312 g/mol. The Morgan fingerprint density at radius 2 is 2.00 bits per heavy atom. The minimum absolute atomic E-state index is 0.0165. The number of nitrogens with one attached hydrogen (secondary N) is 2. The summed E-state index contributed by atoms with van der Waals surface area (Å²) in [6, 6.07) is 10.0. The van der Waals surface area contributed by atoms with Crippen LogP contribution in [0.4, 0.5) is 11.5 Å². The number of rotatable bonds is 4. The smallest absolute Gasteiger partial charge is 0.171 e.